The smallest absolute Gasteiger partial charge is 0.307 e. The average Bonchev–Trinajstić information content (AvgIpc) is 2.54. The zero-order chi connectivity index (χ0) is 17.3. The second-order valence-corrected chi connectivity index (χ2v) is 4.95. The molecule has 0 unspecified atom stereocenters. The summed E-state index contributed by atoms with van der Waals surface area (Å²) in [6, 6.07) is 11.2. The van der Waals surface area contributed by atoms with Crippen molar-refractivity contribution in [1.29, 1.82) is 0 Å². The number of nitrogens with zero attached hydrogens (tertiary/aromatic N) is 2. The van der Waals surface area contributed by atoms with E-state index in [1.54, 1.807) is 24.3 Å². The summed E-state index contributed by atoms with van der Waals surface area (Å²) in [5.74, 6) is 0. The lowest BCUT2D eigenvalue weighted by atomic mass is 10.1. The van der Waals surface area contributed by atoms with Crippen LogP contribution < -0.4 is 11.0 Å². The standard InChI is InChI=1S/C16H10F3N3O2/c17-16(18,19)11-8-20-14(23)22(9-11)15(24)21-13-7-3-5-10-4-1-2-6-12(10)13/h1-9H,(H,21,24). The fraction of sp³-hybridized carbons (Fsp3) is 0.0625. The highest BCUT2D eigenvalue weighted by atomic mass is 19.4. The summed E-state index contributed by atoms with van der Waals surface area (Å²) in [4.78, 5) is 26.9. The second-order valence-electron chi connectivity index (χ2n) is 4.95. The molecule has 8 heteroatoms. The summed E-state index contributed by atoms with van der Waals surface area (Å²) in [5.41, 5.74) is -1.90. The lowest BCUT2D eigenvalue weighted by molar-refractivity contribution is -0.138. The molecule has 0 spiro atoms. The molecule has 0 fully saturated rings. The molecule has 0 saturated heterocycles. The third-order valence-corrected chi connectivity index (χ3v) is 3.37. The topological polar surface area (TPSA) is 64.0 Å². The Kier molecular flexibility index (Phi) is 3.80. The molecule has 0 aliphatic rings. The van der Waals surface area contributed by atoms with Gasteiger partial charge in [0.15, 0.2) is 0 Å². The van der Waals surface area contributed by atoms with Gasteiger partial charge in [-0.25, -0.2) is 19.1 Å². The Bertz CT molecular complexity index is 975. The Hall–Kier alpha value is -3.16. The molecule has 0 saturated carbocycles. The van der Waals surface area contributed by atoms with Gasteiger partial charge in [0.2, 0.25) is 0 Å². The van der Waals surface area contributed by atoms with Crippen molar-refractivity contribution >= 4 is 22.5 Å². The number of rotatable bonds is 1. The molecule has 122 valence electrons. The van der Waals surface area contributed by atoms with Crippen molar-refractivity contribution in [2.24, 2.45) is 0 Å². The van der Waals surface area contributed by atoms with Crippen molar-refractivity contribution in [3.63, 3.8) is 0 Å². The summed E-state index contributed by atoms with van der Waals surface area (Å²) in [6.45, 7) is 0. The van der Waals surface area contributed by atoms with Gasteiger partial charge in [-0.1, -0.05) is 36.4 Å². The van der Waals surface area contributed by atoms with Crippen LogP contribution in [0.3, 0.4) is 0 Å². The van der Waals surface area contributed by atoms with E-state index in [2.05, 4.69) is 10.3 Å². The van der Waals surface area contributed by atoms with Crippen molar-refractivity contribution < 1.29 is 18.0 Å². The number of nitrogens with one attached hydrogen (secondary N) is 1. The molecule has 5 nitrogen and oxygen atoms in total. The summed E-state index contributed by atoms with van der Waals surface area (Å²) < 4.78 is 38.4. The van der Waals surface area contributed by atoms with E-state index in [1.807, 2.05) is 18.2 Å². The first-order valence-corrected chi connectivity index (χ1v) is 6.81. The van der Waals surface area contributed by atoms with Crippen molar-refractivity contribution in [2.45, 2.75) is 6.18 Å². The van der Waals surface area contributed by atoms with Crippen molar-refractivity contribution in [2.75, 3.05) is 5.32 Å². The van der Waals surface area contributed by atoms with E-state index >= 15 is 0 Å². The Balaban J connectivity index is 1.99. The van der Waals surface area contributed by atoms with Gasteiger partial charge in [0, 0.05) is 17.8 Å². The number of alkyl halides is 3. The normalized spacial score (nSPS) is 11.5. The molecule has 3 rings (SSSR count). The van der Waals surface area contributed by atoms with Crippen LogP contribution in [0.2, 0.25) is 0 Å². The highest BCUT2D eigenvalue weighted by Gasteiger charge is 2.32. The Morgan fingerprint density at radius 3 is 2.54 bits per heavy atom. The van der Waals surface area contributed by atoms with Crippen molar-refractivity contribution in [1.82, 2.24) is 9.55 Å². The van der Waals surface area contributed by atoms with Crippen molar-refractivity contribution in [3.8, 4) is 0 Å². The summed E-state index contributed by atoms with van der Waals surface area (Å²) in [5, 5.41) is 3.97. The predicted molar refractivity (Wildman–Crippen MR) is 81.9 cm³/mol. The maximum Gasteiger partial charge on any atom is 0.419 e. The average molecular weight is 333 g/mol. The van der Waals surface area contributed by atoms with Crippen LogP contribution >= 0.6 is 0 Å². The van der Waals surface area contributed by atoms with Gasteiger partial charge in [0.05, 0.1) is 11.3 Å². The monoisotopic (exact) mass is 333 g/mol. The Labute approximate surface area is 133 Å². The van der Waals surface area contributed by atoms with E-state index in [4.69, 9.17) is 0 Å². The van der Waals surface area contributed by atoms with E-state index in [-0.39, 0.29) is 0 Å². The van der Waals surface area contributed by atoms with E-state index in [9.17, 15) is 22.8 Å². The zero-order valence-electron chi connectivity index (χ0n) is 12.0. The van der Waals surface area contributed by atoms with Gasteiger partial charge in [-0.05, 0) is 11.5 Å². The molecule has 2 aromatic carbocycles. The highest BCUT2D eigenvalue weighted by Crippen LogP contribution is 2.28. The third kappa shape index (κ3) is 2.98. The zero-order valence-corrected chi connectivity index (χ0v) is 12.0. The largest absolute Gasteiger partial charge is 0.419 e. The minimum Gasteiger partial charge on any atom is -0.307 e. The van der Waals surface area contributed by atoms with Gasteiger partial charge in [-0.3, -0.25) is 0 Å². The molecule has 1 heterocycles. The number of hydrogen-bond donors (Lipinski definition) is 1. The van der Waals surface area contributed by atoms with Gasteiger partial charge < -0.3 is 5.32 Å². The van der Waals surface area contributed by atoms with Crippen LogP contribution in [0.1, 0.15) is 5.56 Å². The molecule has 1 amide bonds. The number of carbonyl (C=O) groups is 1. The first-order valence-electron chi connectivity index (χ1n) is 6.81. The highest BCUT2D eigenvalue weighted by molar-refractivity contribution is 6.02. The minimum atomic E-state index is -4.71. The van der Waals surface area contributed by atoms with Gasteiger partial charge in [-0.2, -0.15) is 13.2 Å². The molecular formula is C16H10F3N3O2. The van der Waals surface area contributed by atoms with Crippen LogP contribution in [-0.2, 0) is 6.18 Å². The molecular weight excluding hydrogens is 323 g/mol. The molecule has 0 radical (unpaired) electrons. The molecule has 24 heavy (non-hydrogen) atoms. The number of hydrogen-bond acceptors (Lipinski definition) is 3. The third-order valence-electron chi connectivity index (χ3n) is 3.37. The lowest BCUT2D eigenvalue weighted by Gasteiger charge is -2.11. The minimum absolute atomic E-state index is 0.296. The molecule has 1 aromatic heterocycles. The summed E-state index contributed by atoms with van der Waals surface area (Å²) >= 11 is 0. The summed E-state index contributed by atoms with van der Waals surface area (Å²) in [7, 11) is 0. The van der Waals surface area contributed by atoms with Crippen LogP contribution in [0.15, 0.2) is 59.7 Å². The number of carbonyl (C=O) groups excluding carboxylic acids is 1. The maximum absolute atomic E-state index is 12.7. The number of fused-ring (bicyclic) bond motifs is 1. The number of benzene rings is 2. The Morgan fingerprint density at radius 2 is 1.79 bits per heavy atom. The van der Waals surface area contributed by atoms with E-state index in [1.165, 1.54) is 0 Å². The molecule has 0 atom stereocenters. The van der Waals surface area contributed by atoms with Crippen LogP contribution in [-0.4, -0.2) is 15.6 Å². The molecule has 0 bridgehead atoms. The van der Waals surface area contributed by atoms with E-state index in [0.717, 1.165) is 5.39 Å². The maximum atomic E-state index is 12.7. The lowest BCUT2D eigenvalue weighted by Crippen LogP contribution is -2.33. The molecule has 0 aliphatic carbocycles. The Morgan fingerprint density at radius 1 is 1.08 bits per heavy atom. The SMILES string of the molecule is O=C(Nc1cccc2ccccc12)n1cc(C(F)(F)F)cnc1=O. The van der Waals surface area contributed by atoms with E-state index in [0.29, 0.717) is 28.0 Å². The van der Waals surface area contributed by atoms with Gasteiger partial charge in [-0.15, -0.1) is 0 Å². The first kappa shape index (κ1) is 15.7. The molecule has 3 aromatic rings. The second kappa shape index (κ2) is 5.80. The van der Waals surface area contributed by atoms with Gasteiger partial charge in [0.1, 0.15) is 0 Å². The van der Waals surface area contributed by atoms with Gasteiger partial charge >= 0.3 is 17.9 Å². The number of halogens is 3. The predicted octanol–water partition coefficient (Wildman–Crippen LogP) is 3.50. The number of amides is 1. The summed E-state index contributed by atoms with van der Waals surface area (Å²) in [6.07, 6.45) is -3.89. The van der Waals surface area contributed by atoms with Crippen molar-refractivity contribution in [3.05, 3.63) is 70.9 Å². The molecule has 1 N–H and O–H groups in total. The fourth-order valence-electron chi connectivity index (χ4n) is 2.22. The van der Waals surface area contributed by atoms with Gasteiger partial charge in [0.25, 0.3) is 0 Å². The van der Waals surface area contributed by atoms with E-state index < -0.39 is 23.5 Å². The fourth-order valence-corrected chi connectivity index (χ4v) is 2.22. The first-order chi connectivity index (χ1) is 11.4. The number of anilines is 1. The van der Waals surface area contributed by atoms with Crippen LogP contribution in [0.4, 0.5) is 23.7 Å². The number of aromatic nitrogens is 2. The molecule has 0 aliphatic heterocycles. The van der Waals surface area contributed by atoms with Crippen LogP contribution in [0.25, 0.3) is 10.8 Å². The van der Waals surface area contributed by atoms with Crippen LogP contribution in [0.5, 0.6) is 0 Å². The van der Waals surface area contributed by atoms with Crippen LogP contribution in [0, 0.1) is 0 Å². The quantitative estimate of drug-likeness (QED) is 0.741.